The highest BCUT2D eigenvalue weighted by Crippen LogP contribution is 2.40. The first-order chi connectivity index (χ1) is 19.1. The van der Waals surface area contributed by atoms with Gasteiger partial charge in [-0.25, -0.2) is 14.3 Å². The molecule has 11 heteroatoms. The standard InChI is InChI=1S/C28H27FN6O4/c1-36-23-14-18(15-24(37-2)27(23)38-3)34-16-21(31-33-34)26-20-13-17(19-7-6-11-30-28(19)29)9-10-22(20)35(32-26)25-8-4-5-12-39-25/h6-7,9-11,13-16,25H,4-5,8,12H2,1-3H3. The molecule has 200 valence electrons. The van der Waals surface area contributed by atoms with Crippen LogP contribution in [0, 0.1) is 5.95 Å². The lowest BCUT2D eigenvalue weighted by atomic mass is 10.0. The SMILES string of the molecule is COc1cc(-n2cc(-c3nn(C4CCCCO4)c4ccc(-c5cccnc5F)cc34)nn2)cc(OC)c1OC. The zero-order valence-corrected chi connectivity index (χ0v) is 21.8. The van der Waals surface area contributed by atoms with Crippen LogP contribution >= 0.6 is 0 Å². The molecule has 1 atom stereocenters. The lowest BCUT2D eigenvalue weighted by Crippen LogP contribution is -2.19. The van der Waals surface area contributed by atoms with E-state index in [9.17, 15) is 4.39 Å². The van der Waals surface area contributed by atoms with Gasteiger partial charge >= 0.3 is 0 Å². The summed E-state index contributed by atoms with van der Waals surface area (Å²) in [5.41, 5.74) is 3.80. The summed E-state index contributed by atoms with van der Waals surface area (Å²) in [7, 11) is 4.67. The Labute approximate surface area is 223 Å². The number of hydrogen-bond acceptors (Lipinski definition) is 8. The van der Waals surface area contributed by atoms with Crippen molar-refractivity contribution in [2.24, 2.45) is 0 Å². The van der Waals surface area contributed by atoms with Crippen LogP contribution in [-0.4, -0.2) is 57.7 Å². The van der Waals surface area contributed by atoms with Crippen molar-refractivity contribution in [1.82, 2.24) is 29.8 Å². The van der Waals surface area contributed by atoms with Gasteiger partial charge in [-0.3, -0.25) is 0 Å². The minimum atomic E-state index is -0.533. The maximum Gasteiger partial charge on any atom is 0.220 e. The summed E-state index contributed by atoms with van der Waals surface area (Å²) in [6, 6.07) is 12.7. The van der Waals surface area contributed by atoms with Gasteiger partial charge < -0.3 is 18.9 Å². The van der Waals surface area contributed by atoms with Gasteiger partial charge in [0.15, 0.2) is 17.7 Å². The van der Waals surface area contributed by atoms with E-state index in [0.29, 0.717) is 52.1 Å². The third-order valence-corrected chi connectivity index (χ3v) is 6.85. The molecule has 6 rings (SSSR count). The van der Waals surface area contributed by atoms with E-state index in [1.54, 1.807) is 56.5 Å². The number of pyridine rings is 1. The molecule has 0 N–H and O–H groups in total. The summed E-state index contributed by atoms with van der Waals surface area (Å²) < 4.78 is 40.5. The maximum atomic E-state index is 14.6. The van der Waals surface area contributed by atoms with E-state index < -0.39 is 5.95 Å². The summed E-state index contributed by atoms with van der Waals surface area (Å²) in [6.07, 6.45) is 5.96. The van der Waals surface area contributed by atoms with E-state index in [2.05, 4.69) is 15.3 Å². The zero-order chi connectivity index (χ0) is 26.9. The average molecular weight is 531 g/mol. The fourth-order valence-electron chi connectivity index (χ4n) is 4.93. The van der Waals surface area contributed by atoms with E-state index in [0.717, 1.165) is 30.2 Å². The molecule has 1 fully saturated rings. The smallest absolute Gasteiger partial charge is 0.220 e. The number of hydrogen-bond donors (Lipinski definition) is 0. The number of ether oxygens (including phenoxy) is 4. The first-order valence-electron chi connectivity index (χ1n) is 12.6. The van der Waals surface area contributed by atoms with E-state index in [-0.39, 0.29) is 6.23 Å². The number of halogens is 1. The molecule has 1 aliphatic heterocycles. The highest BCUT2D eigenvalue weighted by atomic mass is 19.1. The van der Waals surface area contributed by atoms with Crippen molar-refractivity contribution in [3.05, 3.63) is 60.8 Å². The Hall–Kier alpha value is -4.51. The van der Waals surface area contributed by atoms with Gasteiger partial charge in [0.2, 0.25) is 11.7 Å². The number of aromatic nitrogens is 6. The van der Waals surface area contributed by atoms with E-state index in [1.165, 1.54) is 6.20 Å². The molecule has 0 bridgehead atoms. The third kappa shape index (κ3) is 4.44. The second-order valence-electron chi connectivity index (χ2n) is 9.12. The first kappa shape index (κ1) is 24.8. The molecule has 0 radical (unpaired) electrons. The Morgan fingerprint density at radius 1 is 1.00 bits per heavy atom. The van der Waals surface area contributed by atoms with Crippen LogP contribution in [0.15, 0.2) is 54.9 Å². The molecule has 5 aromatic rings. The summed E-state index contributed by atoms with van der Waals surface area (Å²) >= 11 is 0. The molecule has 3 aromatic heterocycles. The second kappa shape index (κ2) is 10.3. The van der Waals surface area contributed by atoms with Crippen LogP contribution < -0.4 is 14.2 Å². The molecule has 4 heterocycles. The first-order valence-corrected chi connectivity index (χ1v) is 12.6. The van der Waals surface area contributed by atoms with Gasteiger partial charge in [-0.15, -0.1) is 5.10 Å². The number of nitrogens with zero attached hydrogens (tertiary/aromatic N) is 6. The van der Waals surface area contributed by atoms with E-state index in [1.807, 2.05) is 22.9 Å². The van der Waals surface area contributed by atoms with Gasteiger partial charge in [0.25, 0.3) is 0 Å². The molecular formula is C28H27FN6O4. The van der Waals surface area contributed by atoms with Crippen LogP contribution in [0.3, 0.4) is 0 Å². The Bertz CT molecular complexity index is 1620. The van der Waals surface area contributed by atoms with Crippen molar-refractivity contribution in [3.63, 3.8) is 0 Å². The van der Waals surface area contributed by atoms with E-state index in [4.69, 9.17) is 24.0 Å². The second-order valence-corrected chi connectivity index (χ2v) is 9.12. The maximum absolute atomic E-state index is 14.6. The quantitative estimate of drug-likeness (QED) is 0.265. The lowest BCUT2D eigenvalue weighted by Gasteiger charge is -2.23. The highest BCUT2D eigenvalue weighted by molar-refractivity contribution is 5.95. The fraction of sp³-hybridized carbons (Fsp3) is 0.286. The molecule has 0 aliphatic carbocycles. The molecule has 0 amide bonds. The van der Waals surface area contributed by atoms with Crippen molar-refractivity contribution in [3.8, 4) is 45.5 Å². The van der Waals surface area contributed by atoms with Crippen LogP contribution in [0.2, 0.25) is 0 Å². The molecule has 10 nitrogen and oxygen atoms in total. The topological polar surface area (TPSA) is 98.3 Å². The Morgan fingerprint density at radius 2 is 1.82 bits per heavy atom. The molecular weight excluding hydrogens is 503 g/mol. The summed E-state index contributed by atoms with van der Waals surface area (Å²) in [6.45, 7) is 0.678. The molecule has 0 spiro atoms. The minimum absolute atomic E-state index is 0.193. The Balaban J connectivity index is 1.48. The van der Waals surface area contributed by atoms with Crippen LogP contribution in [-0.2, 0) is 4.74 Å². The zero-order valence-electron chi connectivity index (χ0n) is 21.8. The summed E-state index contributed by atoms with van der Waals surface area (Å²) in [5, 5.41) is 14.5. The van der Waals surface area contributed by atoms with Gasteiger partial charge in [-0.2, -0.15) is 9.49 Å². The predicted octanol–water partition coefficient (Wildman–Crippen LogP) is 5.21. The molecule has 2 aromatic carbocycles. The molecule has 0 saturated carbocycles. The third-order valence-electron chi connectivity index (χ3n) is 6.85. The van der Waals surface area contributed by atoms with Crippen molar-refractivity contribution >= 4 is 10.9 Å². The predicted molar refractivity (Wildman–Crippen MR) is 142 cm³/mol. The van der Waals surface area contributed by atoms with Crippen molar-refractivity contribution in [2.45, 2.75) is 25.5 Å². The fourth-order valence-corrected chi connectivity index (χ4v) is 4.93. The summed E-state index contributed by atoms with van der Waals surface area (Å²) in [4.78, 5) is 3.81. The van der Waals surface area contributed by atoms with Gasteiger partial charge in [-0.1, -0.05) is 11.3 Å². The number of rotatable bonds is 7. The van der Waals surface area contributed by atoms with Crippen molar-refractivity contribution < 1.29 is 23.3 Å². The van der Waals surface area contributed by atoms with E-state index >= 15 is 0 Å². The van der Waals surface area contributed by atoms with Gasteiger partial charge in [-0.05, 0) is 49.1 Å². The van der Waals surface area contributed by atoms with Crippen LogP contribution in [0.25, 0.3) is 39.1 Å². The Kier molecular flexibility index (Phi) is 6.57. The highest BCUT2D eigenvalue weighted by Gasteiger charge is 2.24. The molecule has 1 saturated heterocycles. The van der Waals surface area contributed by atoms with Gasteiger partial charge in [0, 0.05) is 35.9 Å². The van der Waals surface area contributed by atoms with Crippen LogP contribution in [0.5, 0.6) is 17.2 Å². The largest absolute Gasteiger partial charge is 0.493 e. The number of benzene rings is 2. The monoisotopic (exact) mass is 530 g/mol. The van der Waals surface area contributed by atoms with Crippen LogP contribution in [0.1, 0.15) is 25.5 Å². The Morgan fingerprint density at radius 3 is 2.51 bits per heavy atom. The minimum Gasteiger partial charge on any atom is -0.493 e. The van der Waals surface area contributed by atoms with Crippen molar-refractivity contribution in [2.75, 3.05) is 27.9 Å². The number of fused-ring (bicyclic) bond motifs is 1. The van der Waals surface area contributed by atoms with Crippen LogP contribution in [0.4, 0.5) is 4.39 Å². The normalized spacial score (nSPS) is 15.4. The average Bonchev–Trinajstić information content (AvgIpc) is 3.62. The van der Waals surface area contributed by atoms with Gasteiger partial charge in [0.1, 0.15) is 11.4 Å². The lowest BCUT2D eigenvalue weighted by molar-refractivity contribution is -0.0365. The molecule has 1 unspecified atom stereocenters. The van der Waals surface area contributed by atoms with Gasteiger partial charge in [0.05, 0.1) is 38.7 Å². The summed E-state index contributed by atoms with van der Waals surface area (Å²) in [5.74, 6) is 0.943. The molecule has 1 aliphatic rings. The van der Waals surface area contributed by atoms with Crippen molar-refractivity contribution in [1.29, 1.82) is 0 Å². The number of methoxy groups -OCH3 is 3. The molecule has 39 heavy (non-hydrogen) atoms.